The first-order valence-electron chi connectivity index (χ1n) is 10.7. The Bertz CT molecular complexity index is 991. The van der Waals surface area contributed by atoms with E-state index in [1.807, 2.05) is 35.2 Å². The van der Waals surface area contributed by atoms with Crippen molar-refractivity contribution < 1.29 is 9.53 Å². The van der Waals surface area contributed by atoms with Crippen LogP contribution in [-0.2, 0) is 11.3 Å². The number of ether oxygens (including phenoxy) is 1. The number of aryl methyl sites for hydroxylation is 2. The lowest BCUT2D eigenvalue weighted by Crippen LogP contribution is -2.48. The number of fused-ring (bicyclic) bond motifs is 1. The van der Waals surface area contributed by atoms with Gasteiger partial charge in [0.1, 0.15) is 11.4 Å². The van der Waals surface area contributed by atoms with E-state index in [0.717, 1.165) is 56.2 Å². The molecule has 158 valence electrons. The average Bonchev–Trinajstić information content (AvgIpc) is 3.06. The lowest BCUT2D eigenvalue weighted by molar-refractivity contribution is -0.133. The van der Waals surface area contributed by atoms with Crippen LogP contribution >= 0.6 is 0 Å². The van der Waals surface area contributed by atoms with Crippen molar-refractivity contribution in [3.8, 4) is 5.75 Å². The summed E-state index contributed by atoms with van der Waals surface area (Å²) >= 11 is 0. The number of benzene rings is 1. The van der Waals surface area contributed by atoms with Gasteiger partial charge in [-0.25, -0.2) is 4.98 Å². The molecule has 0 spiro atoms. The molecule has 6 nitrogen and oxygen atoms in total. The molecule has 3 aromatic rings. The third kappa shape index (κ3) is 4.82. The van der Waals surface area contributed by atoms with E-state index in [4.69, 9.17) is 9.72 Å². The molecule has 0 aliphatic carbocycles. The third-order valence-corrected chi connectivity index (χ3v) is 5.73. The molecule has 6 heteroatoms. The van der Waals surface area contributed by atoms with Crippen molar-refractivity contribution in [2.45, 2.75) is 33.2 Å². The van der Waals surface area contributed by atoms with E-state index in [9.17, 15) is 4.79 Å². The van der Waals surface area contributed by atoms with Gasteiger partial charge in [-0.1, -0.05) is 18.2 Å². The van der Waals surface area contributed by atoms with Crippen LogP contribution in [0.15, 0.2) is 48.7 Å². The van der Waals surface area contributed by atoms with E-state index >= 15 is 0 Å². The van der Waals surface area contributed by atoms with Gasteiger partial charge >= 0.3 is 0 Å². The first-order chi connectivity index (χ1) is 14.6. The minimum Gasteiger partial charge on any atom is -0.494 e. The fourth-order valence-electron chi connectivity index (χ4n) is 3.96. The highest BCUT2D eigenvalue weighted by atomic mass is 16.5. The number of imidazole rings is 1. The minimum atomic E-state index is 0.229. The number of piperazine rings is 1. The molecule has 3 heterocycles. The van der Waals surface area contributed by atoms with E-state index in [0.29, 0.717) is 13.0 Å². The molecule has 1 amide bonds. The maximum absolute atomic E-state index is 12.5. The normalized spacial score (nSPS) is 14.9. The molecule has 1 aliphatic rings. The van der Waals surface area contributed by atoms with Gasteiger partial charge < -0.3 is 14.0 Å². The summed E-state index contributed by atoms with van der Waals surface area (Å²) in [4.78, 5) is 21.6. The molecule has 0 radical (unpaired) electrons. The second-order valence-electron chi connectivity index (χ2n) is 8.00. The average molecular weight is 407 g/mol. The standard InChI is InChI=1S/C24H30N4O2/c1-19-10-11-28-22(20(2)25-23(28)17-19)18-26-12-14-27(15-13-26)24(29)9-6-16-30-21-7-4-3-5-8-21/h3-5,7-8,10-11,17H,6,9,12-16,18H2,1-2H3. The topological polar surface area (TPSA) is 50.1 Å². The zero-order valence-corrected chi connectivity index (χ0v) is 17.9. The first-order valence-corrected chi connectivity index (χ1v) is 10.7. The Kier molecular flexibility index (Phi) is 6.33. The van der Waals surface area contributed by atoms with Crippen LogP contribution in [0.5, 0.6) is 5.75 Å². The summed E-state index contributed by atoms with van der Waals surface area (Å²) in [7, 11) is 0. The molecule has 0 saturated carbocycles. The number of para-hydroxylation sites is 1. The Labute approximate surface area is 178 Å². The highest BCUT2D eigenvalue weighted by Gasteiger charge is 2.22. The quantitative estimate of drug-likeness (QED) is 0.564. The Morgan fingerprint density at radius 1 is 1.07 bits per heavy atom. The molecule has 1 saturated heterocycles. The molecule has 1 aromatic carbocycles. The fraction of sp³-hybridized carbons (Fsp3) is 0.417. The molecule has 0 unspecified atom stereocenters. The summed E-state index contributed by atoms with van der Waals surface area (Å²) in [5, 5.41) is 0. The Morgan fingerprint density at radius 2 is 1.83 bits per heavy atom. The maximum atomic E-state index is 12.5. The van der Waals surface area contributed by atoms with Gasteiger partial charge in [-0.3, -0.25) is 9.69 Å². The predicted octanol–water partition coefficient (Wildman–Crippen LogP) is 3.45. The van der Waals surface area contributed by atoms with Crippen molar-refractivity contribution in [1.82, 2.24) is 19.2 Å². The lowest BCUT2D eigenvalue weighted by Gasteiger charge is -2.34. The SMILES string of the molecule is Cc1ccn2c(CN3CCN(C(=O)CCCOc4ccccc4)CC3)c(C)nc2c1. The molecular formula is C24H30N4O2. The summed E-state index contributed by atoms with van der Waals surface area (Å²) in [6, 6.07) is 14.0. The van der Waals surface area contributed by atoms with E-state index in [1.165, 1.54) is 11.3 Å². The molecule has 0 bridgehead atoms. The van der Waals surface area contributed by atoms with E-state index in [1.54, 1.807) is 0 Å². The van der Waals surface area contributed by atoms with E-state index < -0.39 is 0 Å². The number of hydrogen-bond acceptors (Lipinski definition) is 4. The van der Waals surface area contributed by atoms with Crippen molar-refractivity contribution >= 4 is 11.6 Å². The smallest absolute Gasteiger partial charge is 0.222 e. The highest BCUT2D eigenvalue weighted by Crippen LogP contribution is 2.17. The number of hydrogen-bond donors (Lipinski definition) is 0. The maximum Gasteiger partial charge on any atom is 0.222 e. The molecule has 0 N–H and O–H groups in total. The lowest BCUT2D eigenvalue weighted by atomic mass is 10.2. The van der Waals surface area contributed by atoms with Crippen LogP contribution in [0.3, 0.4) is 0 Å². The fourth-order valence-corrected chi connectivity index (χ4v) is 3.96. The summed E-state index contributed by atoms with van der Waals surface area (Å²) in [5.74, 6) is 1.09. The molecule has 1 aliphatic heterocycles. The van der Waals surface area contributed by atoms with Gasteiger partial charge in [0.15, 0.2) is 0 Å². The van der Waals surface area contributed by atoms with Crippen molar-refractivity contribution in [3.63, 3.8) is 0 Å². The molecule has 2 aromatic heterocycles. The van der Waals surface area contributed by atoms with Gasteiger partial charge in [0.25, 0.3) is 0 Å². The number of rotatable bonds is 7. The van der Waals surface area contributed by atoms with Gasteiger partial charge in [-0.05, 0) is 50.1 Å². The molecular weight excluding hydrogens is 376 g/mol. The summed E-state index contributed by atoms with van der Waals surface area (Å²) in [6.45, 7) is 8.96. The third-order valence-electron chi connectivity index (χ3n) is 5.73. The summed E-state index contributed by atoms with van der Waals surface area (Å²) < 4.78 is 7.87. The van der Waals surface area contributed by atoms with E-state index in [2.05, 4.69) is 41.5 Å². The van der Waals surface area contributed by atoms with Gasteiger partial charge in [-0.2, -0.15) is 0 Å². The number of carbonyl (C=O) groups is 1. The van der Waals surface area contributed by atoms with Gasteiger partial charge in [-0.15, -0.1) is 0 Å². The number of pyridine rings is 1. The van der Waals surface area contributed by atoms with Crippen LogP contribution < -0.4 is 4.74 Å². The second-order valence-corrected chi connectivity index (χ2v) is 8.00. The van der Waals surface area contributed by atoms with Crippen molar-refractivity contribution in [2.75, 3.05) is 32.8 Å². The van der Waals surface area contributed by atoms with E-state index in [-0.39, 0.29) is 5.91 Å². The zero-order valence-electron chi connectivity index (χ0n) is 17.9. The Hall–Kier alpha value is -2.86. The van der Waals surface area contributed by atoms with Gasteiger partial charge in [0.05, 0.1) is 18.0 Å². The molecule has 30 heavy (non-hydrogen) atoms. The van der Waals surface area contributed by atoms with Crippen molar-refractivity contribution in [3.05, 3.63) is 65.6 Å². The Morgan fingerprint density at radius 3 is 2.60 bits per heavy atom. The monoisotopic (exact) mass is 406 g/mol. The number of carbonyl (C=O) groups excluding carboxylic acids is 1. The molecule has 1 fully saturated rings. The first kappa shape index (κ1) is 20.4. The summed E-state index contributed by atoms with van der Waals surface area (Å²) in [6.07, 6.45) is 3.39. The van der Waals surface area contributed by atoms with Gasteiger partial charge in [0, 0.05) is 45.3 Å². The predicted molar refractivity (Wildman–Crippen MR) is 118 cm³/mol. The molecule has 0 atom stereocenters. The number of nitrogens with zero attached hydrogens (tertiary/aromatic N) is 4. The van der Waals surface area contributed by atoms with Crippen LogP contribution in [0.1, 0.15) is 29.8 Å². The van der Waals surface area contributed by atoms with Crippen LogP contribution in [0, 0.1) is 13.8 Å². The highest BCUT2D eigenvalue weighted by molar-refractivity contribution is 5.76. The number of aromatic nitrogens is 2. The van der Waals surface area contributed by atoms with Crippen LogP contribution in [0.25, 0.3) is 5.65 Å². The zero-order chi connectivity index (χ0) is 20.9. The van der Waals surface area contributed by atoms with Crippen molar-refractivity contribution in [2.24, 2.45) is 0 Å². The Balaban J connectivity index is 1.23. The van der Waals surface area contributed by atoms with Gasteiger partial charge in [0.2, 0.25) is 5.91 Å². The van der Waals surface area contributed by atoms with Crippen LogP contribution in [0.4, 0.5) is 0 Å². The van der Waals surface area contributed by atoms with Crippen LogP contribution in [-0.4, -0.2) is 57.9 Å². The molecule has 4 rings (SSSR count). The minimum absolute atomic E-state index is 0.229. The summed E-state index contributed by atoms with van der Waals surface area (Å²) in [5.41, 5.74) is 4.55. The van der Waals surface area contributed by atoms with Crippen molar-refractivity contribution in [1.29, 1.82) is 0 Å². The second kappa shape index (κ2) is 9.30. The number of amides is 1. The largest absolute Gasteiger partial charge is 0.494 e. The van der Waals surface area contributed by atoms with Crippen LogP contribution in [0.2, 0.25) is 0 Å².